The number of rotatable bonds is 1. The Labute approximate surface area is 206 Å². The van der Waals surface area contributed by atoms with Gasteiger partial charge in [-0.25, -0.2) is 0 Å². The van der Waals surface area contributed by atoms with E-state index >= 15 is 0 Å². The first-order valence-electron chi connectivity index (χ1n) is 15.3. The van der Waals surface area contributed by atoms with Gasteiger partial charge in [0, 0.05) is 0 Å². The second kappa shape index (κ2) is 7.14. The van der Waals surface area contributed by atoms with E-state index in [1.807, 2.05) is 0 Å². The zero-order chi connectivity index (χ0) is 22.0. The van der Waals surface area contributed by atoms with E-state index in [1.165, 1.54) is 23.1 Å². The molecule has 0 nitrogen and oxygen atoms in total. The molecule has 0 heterocycles. The molecular formula is C34H42. The van der Waals surface area contributed by atoms with Crippen molar-refractivity contribution in [1.29, 1.82) is 0 Å². The molecule has 7 aliphatic rings. The largest absolute Gasteiger partial charge is 0.0616 e. The highest BCUT2D eigenvalue weighted by atomic mass is 14.7. The van der Waals surface area contributed by atoms with Crippen molar-refractivity contribution in [1.82, 2.24) is 0 Å². The Balaban J connectivity index is 1.09. The molecule has 7 fully saturated rings. The van der Waals surface area contributed by atoms with Crippen molar-refractivity contribution in [2.45, 2.75) is 76.5 Å². The van der Waals surface area contributed by atoms with E-state index in [1.54, 1.807) is 69.8 Å². The van der Waals surface area contributed by atoms with Crippen LogP contribution in [0.3, 0.4) is 0 Å². The molecule has 0 aliphatic heterocycles. The van der Waals surface area contributed by atoms with Gasteiger partial charge in [0.2, 0.25) is 0 Å². The van der Waals surface area contributed by atoms with Crippen molar-refractivity contribution in [3.63, 3.8) is 0 Å². The highest BCUT2D eigenvalue weighted by Gasteiger charge is 2.65. The summed E-state index contributed by atoms with van der Waals surface area (Å²) < 4.78 is 0. The molecule has 7 saturated carbocycles. The van der Waals surface area contributed by atoms with Crippen LogP contribution in [0.2, 0.25) is 0 Å². The molecule has 0 N–H and O–H groups in total. The fourth-order valence-corrected chi connectivity index (χ4v) is 13.1. The normalized spacial score (nSPS) is 52.3. The van der Waals surface area contributed by atoms with Crippen molar-refractivity contribution in [3.8, 4) is 0 Å². The molecule has 0 amide bonds. The van der Waals surface area contributed by atoms with Gasteiger partial charge in [0.25, 0.3) is 0 Å². The minimum atomic E-state index is 0.846. The minimum absolute atomic E-state index is 0.846. The van der Waals surface area contributed by atoms with Gasteiger partial charge in [-0.2, -0.15) is 0 Å². The minimum Gasteiger partial charge on any atom is -0.0616 e. The summed E-state index contributed by atoms with van der Waals surface area (Å²) in [5.41, 5.74) is 1.69. The number of fused-ring (bicyclic) bond motifs is 3. The summed E-state index contributed by atoms with van der Waals surface area (Å²) in [4.78, 5) is 0. The van der Waals surface area contributed by atoms with E-state index in [-0.39, 0.29) is 0 Å². The topological polar surface area (TPSA) is 0 Å². The van der Waals surface area contributed by atoms with E-state index in [0.29, 0.717) is 0 Å². The Bertz CT molecular complexity index is 1090. The van der Waals surface area contributed by atoms with Gasteiger partial charge in [-0.05, 0) is 164 Å². The zero-order valence-corrected chi connectivity index (χ0v) is 20.8. The van der Waals surface area contributed by atoms with Crippen LogP contribution in [-0.2, 0) is 0 Å². The van der Waals surface area contributed by atoms with Crippen LogP contribution < -0.4 is 0 Å². The summed E-state index contributed by atoms with van der Waals surface area (Å²) in [5.74, 6) is 14.2. The predicted molar refractivity (Wildman–Crippen MR) is 139 cm³/mol. The van der Waals surface area contributed by atoms with Crippen LogP contribution in [0, 0.1) is 71.0 Å². The lowest BCUT2D eigenvalue weighted by molar-refractivity contribution is -0.167. The van der Waals surface area contributed by atoms with Crippen LogP contribution in [-0.4, -0.2) is 0 Å². The summed E-state index contributed by atoms with van der Waals surface area (Å²) in [6.45, 7) is 0. The third kappa shape index (κ3) is 2.52. The fraction of sp³-hybridized carbons (Fsp3) is 0.706. The molecule has 13 unspecified atom stereocenters. The first-order chi connectivity index (χ1) is 16.8. The van der Waals surface area contributed by atoms with Gasteiger partial charge in [-0.15, -0.1) is 0 Å². The zero-order valence-electron chi connectivity index (χ0n) is 20.8. The molecule has 13 atom stereocenters. The first kappa shape index (κ1) is 19.8. The molecule has 9 rings (SSSR count). The van der Waals surface area contributed by atoms with Crippen LogP contribution in [0.15, 0.2) is 42.5 Å². The molecule has 0 radical (unpaired) electrons. The van der Waals surface area contributed by atoms with Gasteiger partial charge in [-0.3, -0.25) is 0 Å². The Morgan fingerprint density at radius 3 is 1.74 bits per heavy atom. The highest BCUT2D eigenvalue weighted by molar-refractivity contribution is 5.83. The lowest BCUT2D eigenvalue weighted by atomic mass is 9.40. The highest BCUT2D eigenvalue weighted by Crippen LogP contribution is 2.72. The van der Waals surface area contributed by atoms with Crippen molar-refractivity contribution >= 4 is 10.8 Å². The van der Waals surface area contributed by atoms with Crippen molar-refractivity contribution < 1.29 is 0 Å². The van der Waals surface area contributed by atoms with E-state index in [2.05, 4.69) is 42.5 Å². The Morgan fingerprint density at radius 1 is 0.441 bits per heavy atom. The maximum atomic E-state index is 2.58. The molecular weight excluding hydrogens is 408 g/mol. The summed E-state index contributed by atoms with van der Waals surface area (Å²) >= 11 is 0. The number of hydrogen-bond acceptors (Lipinski definition) is 0. The summed E-state index contributed by atoms with van der Waals surface area (Å²) in [5, 5.41) is 2.88. The van der Waals surface area contributed by atoms with Crippen LogP contribution >= 0.6 is 0 Å². The van der Waals surface area contributed by atoms with Gasteiger partial charge < -0.3 is 0 Å². The SMILES string of the molecule is c1ccc2cc(C3CC4CCC5C6CCC7CCC8CCC(C9CCC3C4C59)C6C78)ccc2c1. The van der Waals surface area contributed by atoms with Gasteiger partial charge in [0.1, 0.15) is 0 Å². The Kier molecular flexibility index (Phi) is 4.16. The molecule has 178 valence electrons. The average Bonchev–Trinajstić information content (AvgIpc) is 3.49. The van der Waals surface area contributed by atoms with Crippen LogP contribution in [0.1, 0.15) is 82.1 Å². The van der Waals surface area contributed by atoms with Crippen LogP contribution in [0.25, 0.3) is 10.8 Å². The molecule has 0 aromatic heterocycles. The summed E-state index contributed by atoms with van der Waals surface area (Å²) in [7, 11) is 0. The number of hydrogen-bond donors (Lipinski definition) is 0. The average molecular weight is 451 g/mol. The van der Waals surface area contributed by atoms with Crippen LogP contribution in [0.4, 0.5) is 0 Å². The first-order valence-corrected chi connectivity index (χ1v) is 15.3. The predicted octanol–water partition coefficient (Wildman–Crippen LogP) is 8.70. The fourth-order valence-electron chi connectivity index (χ4n) is 13.1. The van der Waals surface area contributed by atoms with Crippen molar-refractivity contribution in [2.24, 2.45) is 71.0 Å². The third-order valence-electron chi connectivity index (χ3n) is 13.7. The van der Waals surface area contributed by atoms with Gasteiger partial charge in [0.05, 0.1) is 0 Å². The van der Waals surface area contributed by atoms with Gasteiger partial charge in [0.15, 0.2) is 0 Å². The molecule has 0 bridgehead atoms. The molecule has 2 aromatic rings. The van der Waals surface area contributed by atoms with Gasteiger partial charge in [-0.1, -0.05) is 42.5 Å². The molecule has 0 heteroatoms. The molecule has 7 aliphatic carbocycles. The molecule has 0 saturated heterocycles. The maximum Gasteiger partial charge on any atom is -0.0128 e. The third-order valence-corrected chi connectivity index (χ3v) is 13.7. The van der Waals surface area contributed by atoms with E-state index in [9.17, 15) is 0 Å². The molecule has 2 aromatic carbocycles. The van der Waals surface area contributed by atoms with E-state index in [4.69, 9.17) is 0 Å². The standard InChI is InChI=1S/C34H42/c1-2-4-22-17-23(8-5-19(22)3-1)30-18-24-11-14-27-25-12-9-20-6-7-21-10-13-26(33(25)31(20)21)28-15-16-29(30)32(24)34(27)28/h1-5,8,17,20-21,24-34H,6-7,9-16,18H2. The smallest absolute Gasteiger partial charge is 0.0128 e. The van der Waals surface area contributed by atoms with E-state index in [0.717, 1.165) is 71.0 Å². The van der Waals surface area contributed by atoms with Crippen molar-refractivity contribution in [3.05, 3.63) is 48.0 Å². The Hall–Kier alpha value is -1.30. The van der Waals surface area contributed by atoms with Crippen LogP contribution in [0.5, 0.6) is 0 Å². The Morgan fingerprint density at radius 2 is 1.00 bits per heavy atom. The molecule has 0 spiro atoms. The maximum absolute atomic E-state index is 2.58. The number of benzene rings is 2. The van der Waals surface area contributed by atoms with Crippen molar-refractivity contribution in [2.75, 3.05) is 0 Å². The molecule has 34 heavy (non-hydrogen) atoms. The second-order valence-electron chi connectivity index (χ2n) is 14.2. The van der Waals surface area contributed by atoms with E-state index < -0.39 is 0 Å². The summed E-state index contributed by atoms with van der Waals surface area (Å²) in [6, 6.07) is 16.6. The quantitative estimate of drug-likeness (QED) is 0.407. The van der Waals surface area contributed by atoms with Gasteiger partial charge >= 0.3 is 0 Å². The summed E-state index contributed by atoms with van der Waals surface area (Å²) in [6.07, 6.45) is 17.5. The lowest BCUT2D eigenvalue weighted by Crippen LogP contribution is -2.59. The monoisotopic (exact) mass is 450 g/mol. The second-order valence-corrected chi connectivity index (χ2v) is 14.2. The lowest BCUT2D eigenvalue weighted by Gasteiger charge is -2.65.